The van der Waals surface area contributed by atoms with Gasteiger partial charge < -0.3 is 26.0 Å². The first-order valence-corrected chi connectivity index (χ1v) is 14.9. The van der Waals surface area contributed by atoms with E-state index in [9.17, 15) is 9.59 Å². The highest BCUT2D eigenvalue weighted by Gasteiger charge is 2.19. The van der Waals surface area contributed by atoms with Crippen LogP contribution in [-0.2, 0) is 10.2 Å². The molecule has 236 valence electrons. The van der Waals surface area contributed by atoms with E-state index in [-0.39, 0.29) is 22.9 Å². The predicted octanol–water partition coefficient (Wildman–Crippen LogP) is 3.76. The third-order valence-corrected chi connectivity index (χ3v) is 7.50. The summed E-state index contributed by atoms with van der Waals surface area (Å²) in [5.74, 6) is 1.04. The SMILES string of the molecule is CNC(=O)c1cc(Nc2cc(NC(=O)c3cncc(C(C)(C)C)c3)ccc2C)n(-c2cc(NCCN3CCOCC3)ncn2)n1. The number of aryl methyl sites for hydroxylation is 1. The van der Waals surface area contributed by atoms with E-state index in [2.05, 4.69) is 67.0 Å². The number of rotatable bonds is 10. The molecule has 4 N–H and O–H groups in total. The molecule has 0 atom stereocenters. The van der Waals surface area contributed by atoms with Crippen molar-refractivity contribution in [1.82, 2.24) is 34.9 Å². The lowest BCUT2D eigenvalue weighted by molar-refractivity contribution is 0.0398. The molecule has 3 aromatic heterocycles. The minimum Gasteiger partial charge on any atom is -0.379 e. The van der Waals surface area contributed by atoms with E-state index in [4.69, 9.17) is 4.74 Å². The van der Waals surface area contributed by atoms with Gasteiger partial charge in [0, 0.05) is 69.1 Å². The summed E-state index contributed by atoms with van der Waals surface area (Å²) in [6.45, 7) is 13.1. The quantitative estimate of drug-likeness (QED) is 0.208. The van der Waals surface area contributed by atoms with Gasteiger partial charge >= 0.3 is 0 Å². The number of benzene rings is 1. The number of hydrogen-bond acceptors (Lipinski definition) is 10. The average Bonchev–Trinajstić information content (AvgIpc) is 3.46. The number of carbonyl (C=O) groups is 2. The van der Waals surface area contributed by atoms with Crippen LogP contribution in [0, 0.1) is 6.92 Å². The van der Waals surface area contributed by atoms with Crippen LogP contribution < -0.4 is 21.3 Å². The Labute approximate surface area is 262 Å². The average molecular weight is 613 g/mol. The largest absolute Gasteiger partial charge is 0.379 e. The van der Waals surface area contributed by atoms with Crippen molar-refractivity contribution >= 4 is 34.8 Å². The predicted molar refractivity (Wildman–Crippen MR) is 174 cm³/mol. The van der Waals surface area contributed by atoms with Gasteiger partial charge in [0.05, 0.1) is 18.8 Å². The van der Waals surface area contributed by atoms with Crippen molar-refractivity contribution < 1.29 is 14.3 Å². The normalized spacial score (nSPS) is 13.7. The van der Waals surface area contributed by atoms with Crippen molar-refractivity contribution in [3.63, 3.8) is 0 Å². The van der Waals surface area contributed by atoms with Crippen molar-refractivity contribution in [3.05, 3.63) is 77.5 Å². The molecule has 5 rings (SSSR count). The van der Waals surface area contributed by atoms with E-state index in [1.54, 1.807) is 36.3 Å². The number of amides is 2. The van der Waals surface area contributed by atoms with Crippen LogP contribution in [0.25, 0.3) is 5.82 Å². The number of pyridine rings is 1. The molecule has 0 radical (unpaired) electrons. The summed E-state index contributed by atoms with van der Waals surface area (Å²) in [5.41, 5.74) is 3.77. The molecule has 13 heteroatoms. The molecule has 1 aromatic carbocycles. The van der Waals surface area contributed by atoms with Gasteiger partial charge in [-0.05, 0) is 41.7 Å². The van der Waals surface area contributed by atoms with Crippen LogP contribution in [0.1, 0.15) is 52.7 Å². The number of hydrogen-bond donors (Lipinski definition) is 4. The molecule has 1 aliphatic heterocycles. The number of carbonyl (C=O) groups excluding carboxylic acids is 2. The van der Waals surface area contributed by atoms with Crippen LogP contribution in [0.4, 0.5) is 23.0 Å². The lowest BCUT2D eigenvalue weighted by Gasteiger charge is -2.26. The van der Waals surface area contributed by atoms with Gasteiger partial charge in [-0.3, -0.25) is 19.5 Å². The molecular formula is C32H40N10O3. The summed E-state index contributed by atoms with van der Waals surface area (Å²) in [5, 5.41) is 16.9. The van der Waals surface area contributed by atoms with Gasteiger partial charge in [0.15, 0.2) is 11.5 Å². The van der Waals surface area contributed by atoms with Crippen LogP contribution in [0.3, 0.4) is 0 Å². The molecule has 1 aliphatic rings. The molecule has 4 heterocycles. The molecule has 4 aromatic rings. The maximum atomic E-state index is 13.1. The number of morpholine rings is 1. The fourth-order valence-electron chi connectivity index (χ4n) is 4.76. The van der Waals surface area contributed by atoms with E-state index in [1.807, 2.05) is 31.2 Å². The molecule has 45 heavy (non-hydrogen) atoms. The second-order valence-electron chi connectivity index (χ2n) is 11.9. The molecular weight excluding hydrogens is 572 g/mol. The summed E-state index contributed by atoms with van der Waals surface area (Å²) in [4.78, 5) is 41.1. The fraction of sp³-hybridized carbons (Fsp3) is 0.375. The van der Waals surface area contributed by atoms with E-state index < -0.39 is 0 Å². The van der Waals surface area contributed by atoms with Gasteiger partial charge in [-0.2, -0.15) is 9.78 Å². The molecule has 13 nitrogen and oxygen atoms in total. The molecule has 0 aliphatic carbocycles. The Kier molecular flexibility index (Phi) is 9.69. The molecule has 0 spiro atoms. The Morgan fingerprint density at radius 3 is 2.56 bits per heavy atom. The lowest BCUT2D eigenvalue weighted by atomic mass is 9.87. The molecule has 2 amide bonds. The van der Waals surface area contributed by atoms with Crippen LogP contribution >= 0.6 is 0 Å². The van der Waals surface area contributed by atoms with Crippen molar-refractivity contribution in [3.8, 4) is 5.82 Å². The minimum absolute atomic E-state index is 0.135. The zero-order valence-corrected chi connectivity index (χ0v) is 26.3. The van der Waals surface area contributed by atoms with E-state index in [0.29, 0.717) is 35.2 Å². The zero-order valence-electron chi connectivity index (χ0n) is 26.3. The lowest BCUT2D eigenvalue weighted by Crippen LogP contribution is -2.39. The highest BCUT2D eigenvalue weighted by atomic mass is 16.5. The van der Waals surface area contributed by atoms with Gasteiger partial charge in [0.2, 0.25) is 0 Å². The topological polar surface area (TPSA) is 151 Å². The third-order valence-electron chi connectivity index (χ3n) is 7.50. The summed E-state index contributed by atoms with van der Waals surface area (Å²) in [7, 11) is 1.55. The molecule has 1 fully saturated rings. The first-order valence-electron chi connectivity index (χ1n) is 14.9. The van der Waals surface area contributed by atoms with Gasteiger partial charge in [0.25, 0.3) is 11.8 Å². The molecule has 0 unspecified atom stereocenters. The number of nitrogens with zero attached hydrogens (tertiary/aromatic N) is 6. The van der Waals surface area contributed by atoms with Crippen molar-refractivity contribution in [2.45, 2.75) is 33.1 Å². The van der Waals surface area contributed by atoms with Crippen molar-refractivity contribution in [1.29, 1.82) is 0 Å². The monoisotopic (exact) mass is 612 g/mol. The Morgan fingerprint density at radius 2 is 1.80 bits per heavy atom. The first-order chi connectivity index (χ1) is 21.6. The Hall–Kier alpha value is -4.88. The fourth-order valence-corrected chi connectivity index (χ4v) is 4.76. The highest BCUT2D eigenvalue weighted by Crippen LogP contribution is 2.28. The van der Waals surface area contributed by atoms with Gasteiger partial charge in [-0.1, -0.05) is 26.8 Å². The Balaban J connectivity index is 1.36. The van der Waals surface area contributed by atoms with Crippen LogP contribution in [-0.4, -0.2) is 87.9 Å². The summed E-state index contributed by atoms with van der Waals surface area (Å²) >= 11 is 0. The zero-order chi connectivity index (χ0) is 32.0. The second-order valence-corrected chi connectivity index (χ2v) is 11.9. The summed E-state index contributed by atoms with van der Waals surface area (Å²) < 4.78 is 6.99. The molecule has 0 saturated carbocycles. The second kappa shape index (κ2) is 13.8. The Morgan fingerprint density at radius 1 is 1.00 bits per heavy atom. The van der Waals surface area contributed by atoms with Gasteiger partial charge in [-0.15, -0.1) is 0 Å². The van der Waals surface area contributed by atoms with Gasteiger partial charge in [-0.25, -0.2) is 9.97 Å². The number of ether oxygens (including phenoxy) is 1. The first kappa shape index (κ1) is 31.5. The summed E-state index contributed by atoms with van der Waals surface area (Å²) in [6, 6.07) is 10.9. The van der Waals surface area contributed by atoms with E-state index in [1.165, 1.54) is 6.33 Å². The maximum absolute atomic E-state index is 13.1. The van der Waals surface area contributed by atoms with Gasteiger partial charge in [0.1, 0.15) is 18.0 Å². The van der Waals surface area contributed by atoms with Crippen LogP contribution in [0.2, 0.25) is 0 Å². The number of anilines is 4. The molecule has 0 bridgehead atoms. The highest BCUT2D eigenvalue weighted by molar-refractivity contribution is 6.04. The standard InChI is InChI=1S/C32H40N10O3/c1-21-6-7-24(38-30(43)22-14-23(19-34-18-22)32(2,3)4)15-25(21)39-29-16-26(31(44)33-5)40-42(29)28-17-27(36-20-37-28)35-8-9-41-10-12-45-13-11-41/h6-7,14-20,39H,8-13H2,1-5H3,(H,33,44)(H,38,43)(H,35,36,37). The maximum Gasteiger partial charge on any atom is 0.271 e. The van der Waals surface area contributed by atoms with Crippen LogP contribution in [0.15, 0.2) is 55.1 Å². The van der Waals surface area contributed by atoms with Crippen molar-refractivity contribution in [2.24, 2.45) is 0 Å². The minimum atomic E-state index is -0.335. The van der Waals surface area contributed by atoms with E-state index in [0.717, 1.165) is 49.7 Å². The van der Waals surface area contributed by atoms with Crippen LogP contribution in [0.5, 0.6) is 0 Å². The smallest absolute Gasteiger partial charge is 0.271 e. The van der Waals surface area contributed by atoms with Crippen molar-refractivity contribution in [2.75, 3.05) is 62.4 Å². The Bertz CT molecular complexity index is 1660. The van der Waals surface area contributed by atoms with E-state index >= 15 is 0 Å². The molecule has 1 saturated heterocycles. The number of nitrogens with one attached hydrogen (secondary N) is 4. The third kappa shape index (κ3) is 7.99. The number of aromatic nitrogens is 5. The summed E-state index contributed by atoms with van der Waals surface area (Å²) in [6.07, 6.45) is 4.80.